The van der Waals surface area contributed by atoms with Crippen LogP contribution >= 0.6 is 0 Å². The molecule has 0 aliphatic rings. The molecule has 8 nitrogen and oxygen atoms in total. The first-order valence-corrected chi connectivity index (χ1v) is 9.93. The van der Waals surface area contributed by atoms with Crippen molar-refractivity contribution in [1.82, 2.24) is 0 Å². The Balaban J connectivity index is 2.47. The largest absolute Gasteiger partial charge is 0.368 e. The second-order valence-electron chi connectivity index (χ2n) is 4.89. The first-order chi connectivity index (χ1) is 11.2. The number of hydrogen-bond donors (Lipinski definition) is 3. The molecule has 3 N–H and O–H groups in total. The van der Waals surface area contributed by atoms with Crippen LogP contribution in [0.5, 0.6) is 0 Å². The van der Waals surface area contributed by atoms with Crippen LogP contribution in [0.3, 0.4) is 0 Å². The Morgan fingerprint density at radius 1 is 0.833 bits per heavy atom. The Kier molecular flexibility index (Phi) is 5.44. The number of nitrogens with one attached hydrogen (secondary N) is 1. The normalized spacial score (nSPS) is 11.9. The highest BCUT2D eigenvalue weighted by molar-refractivity contribution is 7.86. The Hall–Kier alpha value is -2.14. The lowest BCUT2D eigenvalue weighted by Gasteiger charge is -2.26. The van der Waals surface area contributed by atoms with Gasteiger partial charge in [-0.2, -0.15) is 16.8 Å². The van der Waals surface area contributed by atoms with Gasteiger partial charge in [-0.3, -0.25) is 9.11 Å². The molecule has 24 heavy (non-hydrogen) atoms. The van der Waals surface area contributed by atoms with E-state index < -0.39 is 32.0 Å². The van der Waals surface area contributed by atoms with Gasteiger partial charge in [0, 0.05) is 5.69 Å². The zero-order valence-electron chi connectivity index (χ0n) is 12.4. The van der Waals surface area contributed by atoms with Gasteiger partial charge in [0.25, 0.3) is 20.2 Å². The van der Waals surface area contributed by atoms with E-state index in [2.05, 4.69) is 5.32 Å². The lowest BCUT2D eigenvalue weighted by molar-refractivity contribution is 0.481. The van der Waals surface area contributed by atoms with Gasteiger partial charge in [0.05, 0.1) is 11.4 Å². The molecule has 0 aliphatic carbocycles. The summed E-state index contributed by atoms with van der Waals surface area (Å²) in [5, 5.41) is 2.53. The van der Waals surface area contributed by atoms with E-state index in [4.69, 9.17) is 4.55 Å². The first kappa shape index (κ1) is 18.2. The molecule has 0 amide bonds. The van der Waals surface area contributed by atoms with E-state index in [9.17, 15) is 21.4 Å². The number of para-hydroxylation sites is 3. The molecule has 0 bridgehead atoms. The Bertz CT molecular complexity index is 898. The van der Waals surface area contributed by atoms with E-state index in [0.29, 0.717) is 11.4 Å². The Morgan fingerprint density at radius 2 is 1.42 bits per heavy atom. The predicted octanol–water partition coefficient (Wildman–Crippen LogP) is 1.93. The van der Waals surface area contributed by atoms with Gasteiger partial charge in [-0.1, -0.05) is 30.3 Å². The van der Waals surface area contributed by atoms with Crippen molar-refractivity contribution in [2.24, 2.45) is 0 Å². The highest BCUT2D eigenvalue weighted by Gasteiger charge is 2.19. The van der Waals surface area contributed by atoms with E-state index in [1.54, 1.807) is 48.5 Å². The summed E-state index contributed by atoms with van der Waals surface area (Å²) in [6, 6.07) is 14.8. The van der Waals surface area contributed by atoms with Crippen LogP contribution in [0.4, 0.5) is 17.1 Å². The number of rotatable bonds is 7. The van der Waals surface area contributed by atoms with E-state index in [-0.39, 0.29) is 5.69 Å². The summed E-state index contributed by atoms with van der Waals surface area (Å²) < 4.78 is 62.7. The van der Waals surface area contributed by atoms with Gasteiger partial charge in [-0.05, 0) is 24.3 Å². The molecular weight excluding hydrogens is 356 g/mol. The van der Waals surface area contributed by atoms with Crippen LogP contribution in [0.25, 0.3) is 0 Å². The van der Waals surface area contributed by atoms with Crippen molar-refractivity contribution in [3.63, 3.8) is 0 Å². The average Bonchev–Trinajstić information content (AvgIpc) is 2.50. The minimum Gasteiger partial charge on any atom is -0.368 e. The van der Waals surface area contributed by atoms with Gasteiger partial charge in [0.2, 0.25) is 0 Å². The summed E-state index contributed by atoms with van der Waals surface area (Å²) >= 11 is 0. The Labute approximate surface area is 140 Å². The van der Waals surface area contributed by atoms with Gasteiger partial charge in [0.15, 0.2) is 5.88 Å². The maximum atomic E-state index is 11.4. The summed E-state index contributed by atoms with van der Waals surface area (Å²) in [7, 11) is -8.61. The minimum absolute atomic E-state index is 0.280. The fourth-order valence-corrected chi connectivity index (χ4v) is 3.03. The fourth-order valence-electron chi connectivity index (χ4n) is 2.08. The third-order valence-electron chi connectivity index (χ3n) is 3.00. The summed E-state index contributed by atoms with van der Waals surface area (Å²) in [5.74, 6) is -1.46. The van der Waals surface area contributed by atoms with Crippen LogP contribution in [0.1, 0.15) is 0 Å². The van der Waals surface area contributed by atoms with E-state index >= 15 is 0 Å². The van der Waals surface area contributed by atoms with Crippen molar-refractivity contribution >= 4 is 37.3 Å². The fraction of sp³-hybridized carbons (Fsp3) is 0.143. The molecule has 0 unspecified atom stereocenters. The molecule has 2 aromatic rings. The van der Waals surface area contributed by atoms with Crippen molar-refractivity contribution < 1.29 is 25.9 Å². The van der Waals surface area contributed by atoms with Crippen LogP contribution in [0, 0.1) is 0 Å². The average molecular weight is 372 g/mol. The smallest absolute Gasteiger partial charge is 0.283 e. The molecule has 0 fully saturated rings. The molecule has 0 atom stereocenters. The molecule has 0 saturated carbocycles. The van der Waals surface area contributed by atoms with Crippen molar-refractivity contribution in [3.8, 4) is 0 Å². The van der Waals surface area contributed by atoms with Gasteiger partial charge >= 0.3 is 0 Å². The summed E-state index contributed by atoms with van der Waals surface area (Å²) in [5.41, 5.74) is 1.09. The topological polar surface area (TPSA) is 124 Å². The minimum atomic E-state index is -4.35. The second kappa shape index (κ2) is 7.18. The molecule has 0 aromatic heterocycles. The van der Waals surface area contributed by atoms with Gasteiger partial charge in [0.1, 0.15) is 5.88 Å². The maximum Gasteiger partial charge on any atom is 0.283 e. The third kappa shape index (κ3) is 5.49. The molecule has 0 spiro atoms. The zero-order chi connectivity index (χ0) is 17.8. The highest BCUT2D eigenvalue weighted by atomic mass is 32.2. The molecule has 130 valence electrons. The lowest BCUT2D eigenvalue weighted by Crippen LogP contribution is -2.26. The lowest BCUT2D eigenvalue weighted by atomic mass is 10.2. The maximum absolute atomic E-state index is 11.4. The Morgan fingerprint density at radius 3 is 2.00 bits per heavy atom. The van der Waals surface area contributed by atoms with Gasteiger partial charge < -0.3 is 10.2 Å². The highest BCUT2D eigenvalue weighted by Crippen LogP contribution is 2.32. The number of benzene rings is 2. The van der Waals surface area contributed by atoms with Crippen molar-refractivity contribution in [2.75, 3.05) is 22.0 Å². The predicted molar refractivity (Wildman–Crippen MR) is 91.5 cm³/mol. The molecule has 10 heteroatoms. The zero-order valence-corrected chi connectivity index (χ0v) is 14.0. The number of nitrogens with zero attached hydrogens (tertiary/aromatic N) is 1. The van der Waals surface area contributed by atoms with Gasteiger partial charge in [-0.25, -0.2) is 0 Å². The number of hydrogen-bond acceptors (Lipinski definition) is 6. The molecule has 0 aliphatic heterocycles. The van der Waals surface area contributed by atoms with Crippen molar-refractivity contribution in [2.45, 2.75) is 0 Å². The molecule has 0 heterocycles. The molecule has 2 rings (SSSR count). The molecule has 0 radical (unpaired) electrons. The summed E-state index contributed by atoms with van der Waals surface area (Å²) in [6.45, 7) is 0. The molecule has 0 saturated heterocycles. The summed E-state index contributed by atoms with van der Waals surface area (Å²) in [4.78, 5) is 1.31. The molecule has 2 aromatic carbocycles. The molecular formula is C14H16N2O6S2. The van der Waals surface area contributed by atoms with E-state index in [1.165, 1.54) is 11.0 Å². The monoisotopic (exact) mass is 372 g/mol. The van der Waals surface area contributed by atoms with E-state index in [1.807, 2.05) is 0 Å². The SMILES string of the molecule is O=S(=O)(O)CNc1ccccc1N(CS(=O)(=O)O)c1ccccc1. The van der Waals surface area contributed by atoms with Crippen molar-refractivity contribution in [3.05, 3.63) is 54.6 Å². The summed E-state index contributed by atoms with van der Waals surface area (Å²) in [6.07, 6.45) is 0. The van der Waals surface area contributed by atoms with E-state index in [0.717, 1.165) is 0 Å². The van der Waals surface area contributed by atoms with Gasteiger partial charge in [-0.15, -0.1) is 0 Å². The van der Waals surface area contributed by atoms with Crippen molar-refractivity contribution in [1.29, 1.82) is 0 Å². The third-order valence-corrected chi connectivity index (χ3v) is 4.09. The van der Waals surface area contributed by atoms with Crippen LogP contribution in [-0.4, -0.2) is 37.7 Å². The first-order valence-electron chi connectivity index (χ1n) is 6.71. The van der Waals surface area contributed by atoms with Crippen LogP contribution in [0.15, 0.2) is 54.6 Å². The number of anilines is 3. The quantitative estimate of drug-likeness (QED) is 0.630. The standard InChI is InChI=1S/C14H16N2O6S2/c17-23(18,19)10-15-13-8-4-5-9-14(13)16(11-24(20,21)22)12-6-2-1-3-7-12/h1-9,15H,10-11H2,(H,17,18,19)(H,20,21,22). The van der Waals surface area contributed by atoms with Crippen LogP contribution < -0.4 is 10.2 Å². The van der Waals surface area contributed by atoms with Crippen LogP contribution in [0.2, 0.25) is 0 Å². The van der Waals surface area contributed by atoms with Crippen LogP contribution in [-0.2, 0) is 20.2 Å². The second-order valence-corrected chi connectivity index (χ2v) is 7.77.